The Hall–Kier alpha value is -0.870. The second-order valence-corrected chi connectivity index (χ2v) is 6.71. The lowest BCUT2D eigenvalue weighted by atomic mass is 10.1. The molecule has 1 fully saturated rings. The van der Waals surface area contributed by atoms with Gasteiger partial charge in [0.15, 0.2) is 0 Å². The average molecular weight is 281 g/mol. The lowest BCUT2D eigenvalue weighted by molar-refractivity contribution is 0.340. The van der Waals surface area contributed by atoms with Gasteiger partial charge in [0.25, 0.3) is 0 Å². The van der Waals surface area contributed by atoms with Crippen molar-refractivity contribution >= 4 is 10.8 Å². The monoisotopic (exact) mass is 281 g/mol. The molecule has 1 saturated heterocycles. The fourth-order valence-electron chi connectivity index (χ4n) is 2.43. The first-order chi connectivity index (χ1) is 9.19. The van der Waals surface area contributed by atoms with Gasteiger partial charge in [-0.25, -0.2) is 0 Å². The highest BCUT2D eigenvalue weighted by atomic mass is 32.2. The highest BCUT2D eigenvalue weighted by Gasteiger charge is 2.19. The molecule has 1 atom stereocenters. The summed E-state index contributed by atoms with van der Waals surface area (Å²) in [4.78, 5) is 0. The third-order valence-electron chi connectivity index (χ3n) is 3.56. The van der Waals surface area contributed by atoms with Crippen molar-refractivity contribution in [3.05, 3.63) is 29.8 Å². The number of hydrogen-bond donors (Lipinski definition) is 1. The lowest BCUT2D eigenvalue weighted by Gasteiger charge is -2.26. The molecule has 3 nitrogen and oxygen atoms in total. The van der Waals surface area contributed by atoms with E-state index in [-0.39, 0.29) is 0 Å². The number of ether oxygens (including phenoxy) is 1. The van der Waals surface area contributed by atoms with Gasteiger partial charge in [-0.05, 0) is 44.4 Å². The highest BCUT2D eigenvalue weighted by Crippen LogP contribution is 2.20. The van der Waals surface area contributed by atoms with Gasteiger partial charge < -0.3 is 10.1 Å². The van der Waals surface area contributed by atoms with Crippen LogP contribution < -0.4 is 10.1 Å². The lowest BCUT2D eigenvalue weighted by Crippen LogP contribution is -2.37. The summed E-state index contributed by atoms with van der Waals surface area (Å²) in [6.07, 6.45) is 2.04. The van der Waals surface area contributed by atoms with Crippen LogP contribution in [0.2, 0.25) is 0 Å². The Bertz CT molecular complexity index is 409. The van der Waals surface area contributed by atoms with Crippen molar-refractivity contribution in [1.82, 2.24) is 5.32 Å². The summed E-state index contributed by atoms with van der Waals surface area (Å²) in [6, 6.07) is 9.10. The highest BCUT2D eigenvalue weighted by molar-refractivity contribution is 7.85. The van der Waals surface area contributed by atoms with Gasteiger partial charge in [-0.2, -0.15) is 0 Å². The van der Waals surface area contributed by atoms with Crippen LogP contribution in [0.25, 0.3) is 0 Å². The Kier molecular flexibility index (Phi) is 5.40. The number of rotatable bonds is 5. The van der Waals surface area contributed by atoms with Crippen LogP contribution in [0.15, 0.2) is 24.3 Å². The molecular weight excluding hydrogens is 258 g/mol. The van der Waals surface area contributed by atoms with Crippen molar-refractivity contribution < 1.29 is 8.95 Å². The second-order valence-electron chi connectivity index (χ2n) is 5.01. The molecule has 0 spiro atoms. The van der Waals surface area contributed by atoms with Gasteiger partial charge in [0.2, 0.25) is 0 Å². The van der Waals surface area contributed by atoms with Crippen LogP contribution in [-0.2, 0) is 10.8 Å². The Morgan fingerprint density at radius 1 is 1.32 bits per heavy atom. The summed E-state index contributed by atoms with van der Waals surface area (Å²) >= 11 is 0. The van der Waals surface area contributed by atoms with E-state index in [0.29, 0.717) is 18.7 Å². The quantitative estimate of drug-likeness (QED) is 0.901. The van der Waals surface area contributed by atoms with Crippen LogP contribution in [0.5, 0.6) is 5.75 Å². The van der Waals surface area contributed by atoms with E-state index in [1.54, 1.807) is 0 Å². The summed E-state index contributed by atoms with van der Waals surface area (Å²) in [5, 5.41) is 3.63. The van der Waals surface area contributed by atoms with E-state index in [2.05, 4.69) is 24.4 Å². The number of benzene rings is 1. The fourth-order valence-corrected chi connectivity index (χ4v) is 3.73. The van der Waals surface area contributed by atoms with Gasteiger partial charge in [-0.15, -0.1) is 0 Å². The average Bonchev–Trinajstić information content (AvgIpc) is 2.42. The minimum atomic E-state index is -0.582. The minimum Gasteiger partial charge on any atom is -0.494 e. The van der Waals surface area contributed by atoms with Crippen molar-refractivity contribution in [3.8, 4) is 5.75 Å². The van der Waals surface area contributed by atoms with Crippen LogP contribution in [-0.4, -0.2) is 28.4 Å². The summed E-state index contributed by atoms with van der Waals surface area (Å²) < 4.78 is 16.8. The van der Waals surface area contributed by atoms with E-state index in [1.807, 2.05) is 19.1 Å². The van der Waals surface area contributed by atoms with Gasteiger partial charge in [0.05, 0.1) is 6.61 Å². The molecule has 0 amide bonds. The largest absolute Gasteiger partial charge is 0.494 e. The Morgan fingerprint density at radius 3 is 2.53 bits per heavy atom. The summed E-state index contributed by atoms with van der Waals surface area (Å²) in [5.74, 6) is 2.60. The summed E-state index contributed by atoms with van der Waals surface area (Å²) in [7, 11) is -0.582. The topological polar surface area (TPSA) is 38.3 Å². The van der Waals surface area contributed by atoms with Crippen molar-refractivity contribution in [2.45, 2.75) is 38.8 Å². The van der Waals surface area contributed by atoms with E-state index >= 15 is 0 Å². The van der Waals surface area contributed by atoms with Crippen LogP contribution in [0, 0.1) is 0 Å². The molecule has 1 unspecified atom stereocenters. The smallest absolute Gasteiger partial charge is 0.119 e. The molecule has 1 N–H and O–H groups in total. The standard InChI is InChI=1S/C15H23NO2S/c1-3-18-15-6-4-13(5-7-15)12(2)16-14-8-10-19(17)11-9-14/h4-7,12,14,16H,3,8-11H2,1-2H3. The second kappa shape index (κ2) is 7.06. The first-order valence-electron chi connectivity index (χ1n) is 7.03. The third-order valence-corrected chi connectivity index (χ3v) is 4.95. The van der Waals surface area contributed by atoms with Gasteiger partial charge in [-0.3, -0.25) is 4.21 Å². The molecular formula is C15H23NO2S. The maximum atomic E-state index is 11.3. The zero-order valence-electron chi connectivity index (χ0n) is 11.7. The molecule has 1 aromatic carbocycles. The van der Waals surface area contributed by atoms with Crippen molar-refractivity contribution in [2.75, 3.05) is 18.1 Å². The van der Waals surface area contributed by atoms with E-state index < -0.39 is 10.8 Å². The normalized spacial score (nSPS) is 24.9. The summed E-state index contributed by atoms with van der Waals surface area (Å²) in [5.41, 5.74) is 1.27. The SMILES string of the molecule is CCOc1ccc(C(C)NC2CCS(=O)CC2)cc1. The van der Waals surface area contributed by atoms with Crippen LogP contribution in [0.3, 0.4) is 0 Å². The Balaban J connectivity index is 1.88. The van der Waals surface area contributed by atoms with Gasteiger partial charge in [-0.1, -0.05) is 12.1 Å². The molecule has 19 heavy (non-hydrogen) atoms. The van der Waals surface area contributed by atoms with Crippen molar-refractivity contribution in [3.63, 3.8) is 0 Å². The maximum Gasteiger partial charge on any atom is 0.119 e. The summed E-state index contributed by atoms with van der Waals surface area (Å²) in [6.45, 7) is 4.87. The molecule has 1 aromatic rings. The molecule has 0 saturated carbocycles. The number of hydrogen-bond acceptors (Lipinski definition) is 3. The van der Waals surface area contributed by atoms with E-state index in [1.165, 1.54) is 5.56 Å². The number of nitrogens with one attached hydrogen (secondary N) is 1. The van der Waals surface area contributed by atoms with Gasteiger partial charge in [0, 0.05) is 34.4 Å². The zero-order chi connectivity index (χ0) is 13.7. The molecule has 0 aromatic heterocycles. The predicted octanol–water partition coefficient (Wildman–Crippen LogP) is 2.65. The van der Waals surface area contributed by atoms with Crippen LogP contribution in [0.1, 0.15) is 38.3 Å². The Morgan fingerprint density at radius 2 is 1.95 bits per heavy atom. The predicted molar refractivity (Wildman–Crippen MR) is 80.1 cm³/mol. The zero-order valence-corrected chi connectivity index (χ0v) is 12.5. The van der Waals surface area contributed by atoms with Crippen LogP contribution >= 0.6 is 0 Å². The molecule has 0 radical (unpaired) electrons. The van der Waals surface area contributed by atoms with Gasteiger partial charge >= 0.3 is 0 Å². The molecule has 1 aliphatic heterocycles. The molecule has 0 aliphatic carbocycles. The molecule has 2 rings (SSSR count). The molecule has 1 heterocycles. The Labute approximate surface area is 118 Å². The molecule has 4 heteroatoms. The third kappa shape index (κ3) is 4.32. The first-order valence-corrected chi connectivity index (χ1v) is 8.51. The van der Waals surface area contributed by atoms with Gasteiger partial charge in [0.1, 0.15) is 5.75 Å². The van der Waals surface area contributed by atoms with Crippen molar-refractivity contribution in [1.29, 1.82) is 0 Å². The van der Waals surface area contributed by atoms with E-state index in [9.17, 15) is 4.21 Å². The van der Waals surface area contributed by atoms with Crippen LogP contribution in [0.4, 0.5) is 0 Å². The van der Waals surface area contributed by atoms with E-state index in [4.69, 9.17) is 4.74 Å². The van der Waals surface area contributed by atoms with E-state index in [0.717, 1.165) is 30.1 Å². The maximum absolute atomic E-state index is 11.3. The first kappa shape index (κ1) is 14.5. The van der Waals surface area contributed by atoms with Crippen molar-refractivity contribution in [2.24, 2.45) is 0 Å². The molecule has 0 bridgehead atoms. The molecule has 106 valence electrons. The molecule has 1 aliphatic rings. The minimum absolute atomic E-state index is 0.326. The fraction of sp³-hybridized carbons (Fsp3) is 0.600.